The Kier molecular flexibility index (Phi) is 5.19. The van der Waals surface area contributed by atoms with Crippen molar-refractivity contribution in [3.8, 4) is 5.75 Å². The molecule has 138 valence electrons. The number of aryl methyl sites for hydroxylation is 1. The average Bonchev–Trinajstić information content (AvgIpc) is 2.95. The fourth-order valence-electron chi connectivity index (χ4n) is 3.52. The van der Waals surface area contributed by atoms with Gasteiger partial charge in [0.15, 0.2) is 0 Å². The van der Waals surface area contributed by atoms with Crippen LogP contribution in [0, 0.1) is 6.92 Å². The molecule has 0 saturated carbocycles. The van der Waals surface area contributed by atoms with Gasteiger partial charge in [0.1, 0.15) is 5.75 Å². The minimum Gasteiger partial charge on any atom is -0.495 e. The summed E-state index contributed by atoms with van der Waals surface area (Å²) in [5.74, 6) is 0.882. The number of ether oxygens (including phenoxy) is 1. The van der Waals surface area contributed by atoms with Crippen molar-refractivity contribution < 1.29 is 17.9 Å². The molecular formula is C17H25N3O4S. The number of hydrogen-bond donors (Lipinski definition) is 1. The summed E-state index contributed by atoms with van der Waals surface area (Å²) in [6, 6.07) is 5.47. The van der Waals surface area contributed by atoms with Gasteiger partial charge in [0.2, 0.25) is 10.0 Å². The molecule has 0 bridgehead atoms. The maximum Gasteiger partial charge on any atom is 0.321 e. The van der Waals surface area contributed by atoms with E-state index in [0.717, 1.165) is 5.56 Å². The number of rotatable bonds is 3. The Morgan fingerprint density at radius 3 is 2.56 bits per heavy atom. The van der Waals surface area contributed by atoms with Crippen LogP contribution in [0.4, 0.5) is 10.5 Å². The molecule has 2 fully saturated rings. The van der Waals surface area contributed by atoms with E-state index >= 15 is 0 Å². The highest BCUT2D eigenvalue weighted by Crippen LogP contribution is 2.27. The SMILES string of the molecule is COc1cc(C)ccc1NC(=O)N1CCC(N2CCCS2(=O)=O)CC1. The fourth-order valence-corrected chi connectivity index (χ4v) is 5.32. The van der Waals surface area contributed by atoms with E-state index in [1.54, 1.807) is 16.3 Å². The zero-order valence-corrected chi connectivity index (χ0v) is 15.5. The minimum atomic E-state index is -3.09. The second kappa shape index (κ2) is 7.21. The molecule has 2 heterocycles. The first-order valence-electron chi connectivity index (χ1n) is 8.61. The third kappa shape index (κ3) is 3.90. The van der Waals surface area contributed by atoms with E-state index in [1.165, 1.54) is 0 Å². The monoisotopic (exact) mass is 367 g/mol. The molecule has 0 unspecified atom stereocenters. The summed E-state index contributed by atoms with van der Waals surface area (Å²) in [5.41, 5.74) is 1.70. The number of amides is 2. The Labute approximate surface area is 149 Å². The lowest BCUT2D eigenvalue weighted by molar-refractivity contribution is 0.170. The number of benzene rings is 1. The first-order valence-corrected chi connectivity index (χ1v) is 10.2. The number of nitrogens with zero attached hydrogens (tertiary/aromatic N) is 2. The van der Waals surface area contributed by atoms with Crippen LogP contribution in [0.3, 0.4) is 0 Å². The smallest absolute Gasteiger partial charge is 0.321 e. The van der Waals surface area contributed by atoms with Crippen LogP contribution in [0.15, 0.2) is 18.2 Å². The number of urea groups is 1. The first-order chi connectivity index (χ1) is 11.9. The van der Waals surface area contributed by atoms with Gasteiger partial charge in [0, 0.05) is 25.7 Å². The lowest BCUT2D eigenvalue weighted by Crippen LogP contribution is -2.48. The van der Waals surface area contributed by atoms with Crippen LogP contribution in [0.2, 0.25) is 0 Å². The van der Waals surface area contributed by atoms with E-state index in [-0.39, 0.29) is 17.8 Å². The van der Waals surface area contributed by atoms with Gasteiger partial charge >= 0.3 is 6.03 Å². The quantitative estimate of drug-likeness (QED) is 0.887. The van der Waals surface area contributed by atoms with Crippen molar-refractivity contribution in [2.45, 2.75) is 32.2 Å². The van der Waals surface area contributed by atoms with Gasteiger partial charge < -0.3 is 15.0 Å². The number of carbonyl (C=O) groups excluding carboxylic acids is 1. The van der Waals surface area contributed by atoms with Gasteiger partial charge in [-0.2, -0.15) is 4.31 Å². The molecule has 0 aliphatic carbocycles. The van der Waals surface area contributed by atoms with E-state index in [1.807, 2.05) is 25.1 Å². The molecule has 8 heteroatoms. The number of nitrogens with one attached hydrogen (secondary N) is 1. The highest BCUT2D eigenvalue weighted by molar-refractivity contribution is 7.89. The highest BCUT2D eigenvalue weighted by Gasteiger charge is 2.36. The topological polar surface area (TPSA) is 79.0 Å². The van der Waals surface area contributed by atoms with E-state index in [0.29, 0.717) is 50.3 Å². The molecule has 1 N–H and O–H groups in total. The van der Waals surface area contributed by atoms with Gasteiger partial charge in [0.25, 0.3) is 0 Å². The van der Waals surface area contributed by atoms with Crippen molar-refractivity contribution in [1.82, 2.24) is 9.21 Å². The summed E-state index contributed by atoms with van der Waals surface area (Å²) < 4.78 is 31.0. The van der Waals surface area contributed by atoms with E-state index in [4.69, 9.17) is 4.74 Å². The standard InChI is InChI=1S/C17H25N3O4S/c1-13-4-5-15(16(12-13)24-2)18-17(21)19-9-6-14(7-10-19)20-8-3-11-25(20,22)23/h4-5,12,14H,3,6-11H2,1-2H3,(H,18,21). The summed E-state index contributed by atoms with van der Waals surface area (Å²) >= 11 is 0. The maximum absolute atomic E-state index is 12.5. The van der Waals surface area contributed by atoms with Gasteiger partial charge in [-0.3, -0.25) is 0 Å². The summed E-state index contributed by atoms with van der Waals surface area (Å²) in [6.45, 7) is 3.68. The summed E-state index contributed by atoms with van der Waals surface area (Å²) in [7, 11) is -1.51. The number of carbonyl (C=O) groups is 1. The predicted molar refractivity (Wildman–Crippen MR) is 96.5 cm³/mol. The molecule has 1 aromatic rings. The average molecular weight is 367 g/mol. The van der Waals surface area contributed by atoms with Crippen LogP contribution in [-0.2, 0) is 10.0 Å². The Balaban J connectivity index is 1.59. The van der Waals surface area contributed by atoms with Crippen LogP contribution in [-0.4, -0.2) is 62.2 Å². The van der Waals surface area contributed by atoms with Crippen molar-refractivity contribution in [2.75, 3.05) is 37.8 Å². The van der Waals surface area contributed by atoms with Crippen LogP contribution < -0.4 is 10.1 Å². The van der Waals surface area contributed by atoms with Gasteiger partial charge in [-0.15, -0.1) is 0 Å². The van der Waals surface area contributed by atoms with Crippen molar-refractivity contribution in [2.24, 2.45) is 0 Å². The van der Waals surface area contributed by atoms with Crippen LogP contribution in [0.25, 0.3) is 0 Å². The van der Waals surface area contributed by atoms with Crippen molar-refractivity contribution >= 4 is 21.7 Å². The van der Waals surface area contributed by atoms with E-state index in [2.05, 4.69) is 5.32 Å². The third-order valence-corrected chi connectivity index (χ3v) is 6.90. The third-order valence-electron chi connectivity index (χ3n) is 4.90. The highest BCUT2D eigenvalue weighted by atomic mass is 32.2. The van der Waals surface area contributed by atoms with E-state index in [9.17, 15) is 13.2 Å². The minimum absolute atomic E-state index is 0.0189. The zero-order chi connectivity index (χ0) is 18.0. The fraction of sp³-hybridized carbons (Fsp3) is 0.588. The molecule has 3 rings (SSSR count). The predicted octanol–water partition coefficient (Wildman–Crippen LogP) is 2.04. The van der Waals surface area contributed by atoms with Crippen LogP contribution in [0.5, 0.6) is 5.75 Å². The summed E-state index contributed by atoms with van der Waals surface area (Å²) in [6.07, 6.45) is 2.06. The lowest BCUT2D eigenvalue weighted by atomic mass is 10.1. The normalized spacial score (nSPS) is 21.3. The first kappa shape index (κ1) is 18.0. The van der Waals surface area contributed by atoms with Crippen molar-refractivity contribution in [3.63, 3.8) is 0 Å². The molecule has 0 spiro atoms. The van der Waals surface area contributed by atoms with Gasteiger partial charge in [-0.25, -0.2) is 13.2 Å². The largest absolute Gasteiger partial charge is 0.495 e. The molecule has 0 aromatic heterocycles. The van der Waals surface area contributed by atoms with Crippen LogP contribution >= 0.6 is 0 Å². The Morgan fingerprint density at radius 2 is 1.96 bits per heavy atom. The second-order valence-electron chi connectivity index (χ2n) is 6.63. The van der Waals surface area contributed by atoms with Gasteiger partial charge in [-0.05, 0) is 43.9 Å². The number of anilines is 1. The van der Waals surface area contributed by atoms with Gasteiger partial charge in [0.05, 0.1) is 18.6 Å². The molecule has 2 aliphatic heterocycles. The second-order valence-corrected chi connectivity index (χ2v) is 8.67. The summed E-state index contributed by atoms with van der Waals surface area (Å²) in [5, 5.41) is 2.89. The maximum atomic E-state index is 12.5. The molecule has 2 amide bonds. The lowest BCUT2D eigenvalue weighted by Gasteiger charge is -2.35. The molecule has 25 heavy (non-hydrogen) atoms. The molecule has 7 nitrogen and oxygen atoms in total. The molecule has 0 radical (unpaired) electrons. The number of likely N-dealkylation sites (tertiary alicyclic amines) is 1. The van der Waals surface area contributed by atoms with Gasteiger partial charge in [-0.1, -0.05) is 6.07 Å². The van der Waals surface area contributed by atoms with Crippen molar-refractivity contribution in [3.05, 3.63) is 23.8 Å². The Morgan fingerprint density at radius 1 is 1.24 bits per heavy atom. The molecule has 1 aromatic carbocycles. The molecule has 2 saturated heterocycles. The number of sulfonamides is 1. The van der Waals surface area contributed by atoms with Crippen LogP contribution in [0.1, 0.15) is 24.8 Å². The number of hydrogen-bond acceptors (Lipinski definition) is 4. The zero-order valence-electron chi connectivity index (χ0n) is 14.7. The van der Waals surface area contributed by atoms with E-state index < -0.39 is 10.0 Å². The number of piperidine rings is 1. The molecular weight excluding hydrogens is 342 g/mol. The molecule has 2 aliphatic rings. The number of methoxy groups -OCH3 is 1. The molecule has 0 atom stereocenters. The van der Waals surface area contributed by atoms with Crippen molar-refractivity contribution in [1.29, 1.82) is 0 Å². The summed E-state index contributed by atoms with van der Waals surface area (Å²) in [4.78, 5) is 14.2. The Hall–Kier alpha value is -1.80. The Bertz CT molecular complexity index is 742.